The van der Waals surface area contributed by atoms with Gasteiger partial charge in [0, 0.05) is 62.6 Å². The van der Waals surface area contributed by atoms with Crippen LogP contribution in [0.25, 0.3) is 22.3 Å². The van der Waals surface area contributed by atoms with Gasteiger partial charge in [0.2, 0.25) is 5.95 Å². The topological polar surface area (TPSA) is 97.9 Å². The van der Waals surface area contributed by atoms with Crippen LogP contribution in [0.15, 0.2) is 24.5 Å². The number of aromatic nitrogens is 5. The Kier molecular flexibility index (Phi) is 5.00. The first-order valence-corrected chi connectivity index (χ1v) is 10.7. The van der Waals surface area contributed by atoms with Crippen LogP contribution in [0.4, 0.5) is 11.8 Å². The maximum atomic E-state index is 4.91. The Morgan fingerprint density at radius 2 is 1.87 bits per heavy atom. The Balaban J connectivity index is 1.46. The smallest absolute Gasteiger partial charge is 0.226 e. The highest BCUT2D eigenvalue weighted by Gasteiger charge is 2.27. The summed E-state index contributed by atoms with van der Waals surface area (Å²) in [4.78, 5) is 18.8. The van der Waals surface area contributed by atoms with Crippen LogP contribution in [0.1, 0.15) is 20.8 Å². The van der Waals surface area contributed by atoms with Gasteiger partial charge in [-0.25, -0.2) is 15.0 Å². The molecule has 0 bridgehead atoms. The summed E-state index contributed by atoms with van der Waals surface area (Å²) in [6, 6.07) is 5.31. The summed E-state index contributed by atoms with van der Waals surface area (Å²) in [6.45, 7) is 11.4. The number of aromatic amines is 1. The van der Waals surface area contributed by atoms with Crippen LogP contribution < -0.4 is 20.4 Å². The van der Waals surface area contributed by atoms with Crippen LogP contribution in [-0.2, 0) is 0 Å². The van der Waals surface area contributed by atoms with E-state index in [1.54, 1.807) is 0 Å². The molecule has 9 heteroatoms. The van der Waals surface area contributed by atoms with E-state index >= 15 is 0 Å². The van der Waals surface area contributed by atoms with Crippen molar-refractivity contribution in [2.24, 2.45) is 0 Å². The highest BCUT2D eigenvalue weighted by Crippen LogP contribution is 2.28. The number of hydrogen-bond acceptors (Lipinski definition) is 8. The second kappa shape index (κ2) is 7.81. The summed E-state index contributed by atoms with van der Waals surface area (Å²) in [5.74, 6) is 1.76. The number of nitrogens with zero attached hydrogens (tertiary/aromatic N) is 6. The molecule has 9 nitrogen and oxygen atoms in total. The summed E-state index contributed by atoms with van der Waals surface area (Å²) in [5, 5.41) is 14.5. The van der Waals surface area contributed by atoms with Crippen molar-refractivity contribution in [3.8, 4) is 11.3 Å². The molecule has 0 radical (unpaired) electrons. The molecule has 0 aliphatic carbocycles. The molecule has 0 aromatic carbocycles. The van der Waals surface area contributed by atoms with E-state index in [2.05, 4.69) is 68.5 Å². The van der Waals surface area contributed by atoms with Gasteiger partial charge in [0.1, 0.15) is 22.5 Å². The van der Waals surface area contributed by atoms with Gasteiger partial charge in [-0.15, -0.1) is 0 Å². The molecule has 3 atom stereocenters. The average molecular weight is 408 g/mol. The Hall–Kier alpha value is -2.78. The zero-order valence-corrected chi connectivity index (χ0v) is 17.8. The molecular formula is C21H29N9. The van der Waals surface area contributed by atoms with Gasteiger partial charge < -0.3 is 20.4 Å². The van der Waals surface area contributed by atoms with E-state index in [1.165, 1.54) is 0 Å². The first kappa shape index (κ1) is 19.2. The van der Waals surface area contributed by atoms with Crippen LogP contribution in [0, 0.1) is 0 Å². The molecule has 5 rings (SSSR count). The lowest BCUT2D eigenvalue weighted by Gasteiger charge is -2.39. The fourth-order valence-corrected chi connectivity index (χ4v) is 4.51. The highest BCUT2D eigenvalue weighted by atomic mass is 15.3. The number of anilines is 2. The Morgan fingerprint density at radius 1 is 1.03 bits per heavy atom. The van der Waals surface area contributed by atoms with Crippen molar-refractivity contribution in [1.82, 2.24) is 35.8 Å². The second-order valence-electron chi connectivity index (χ2n) is 8.47. The van der Waals surface area contributed by atoms with E-state index in [0.29, 0.717) is 18.1 Å². The molecule has 2 aliphatic heterocycles. The van der Waals surface area contributed by atoms with E-state index in [4.69, 9.17) is 9.97 Å². The van der Waals surface area contributed by atoms with Crippen molar-refractivity contribution in [2.75, 3.05) is 42.5 Å². The average Bonchev–Trinajstić information content (AvgIpc) is 3.17. The van der Waals surface area contributed by atoms with Crippen molar-refractivity contribution in [1.29, 1.82) is 0 Å². The van der Waals surface area contributed by atoms with Gasteiger partial charge in [0.05, 0.1) is 6.20 Å². The standard InChI is InChI=1S/C21H29N9/c1-13-12-29(7-6-23-13)18-5-4-16(10-24-18)19-20-17(27-28-19)11-25-21(26-20)30-14(2)8-22-9-15(30)3/h4-5,10-11,13-15,22-23H,6-9,12H2,1-3H3,(H,27,28)/t13-,14-,15+/m1/s1. The van der Waals surface area contributed by atoms with E-state index in [0.717, 1.165) is 66.8 Å². The van der Waals surface area contributed by atoms with Gasteiger partial charge in [-0.3, -0.25) is 5.10 Å². The van der Waals surface area contributed by atoms with Crippen molar-refractivity contribution >= 4 is 22.8 Å². The van der Waals surface area contributed by atoms with Crippen LogP contribution in [-0.4, -0.2) is 76.0 Å². The lowest BCUT2D eigenvalue weighted by Crippen LogP contribution is -2.55. The third-order valence-electron chi connectivity index (χ3n) is 6.06. The molecule has 2 saturated heterocycles. The Labute approximate surface area is 176 Å². The SMILES string of the molecule is C[C@@H]1CN(c2ccc(-c3n[nH]c4cnc(N5[C@H](C)CNC[C@@H]5C)nc34)cn2)CCN1. The monoisotopic (exact) mass is 407 g/mol. The maximum absolute atomic E-state index is 4.91. The molecule has 3 aromatic rings. The van der Waals surface area contributed by atoms with Crippen LogP contribution >= 0.6 is 0 Å². The van der Waals surface area contributed by atoms with Crippen molar-refractivity contribution in [2.45, 2.75) is 38.9 Å². The van der Waals surface area contributed by atoms with Gasteiger partial charge in [-0.2, -0.15) is 5.10 Å². The molecule has 5 heterocycles. The molecule has 0 spiro atoms. The number of fused-ring (bicyclic) bond motifs is 1. The van der Waals surface area contributed by atoms with Crippen LogP contribution in [0.2, 0.25) is 0 Å². The summed E-state index contributed by atoms with van der Waals surface area (Å²) >= 11 is 0. The van der Waals surface area contributed by atoms with Crippen molar-refractivity contribution in [3.63, 3.8) is 0 Å². The quantitative estimate of drug-likeness (QED) is 0.599. The van der Waals surface area contributed by atoms with Crippen LogP contribution in [0.5, 0.6) is 0 Å². The molecule has 3 N–H and O–H groups in total. The lowest BCUT2D eigenvalue weighted by atomic mass is 10.1. The molecular weight excluding hydrogens is 378 g/mol. The zero-order chi connectivity index (χ0) is 20.7. The fraction of sp³-hybridized carbons (Fsp3) is 0.524. The van der Waals surface area contributed by atoms with E-state index < -0.39 is 0 Å². The van der Waals surface area contributed by atoms with E-state index in [-0.39, 0.29) is 0 Å². The van der Waals surface area contributed by atoms with Crippen LogP contribution in [0.3, 0.4) is 0 Å². The molecule has 0 amide bonds. The maximum Gasteiger partial charge on any atom is 0.226 e. The third kappa shape index (κ3) is 3.48. The molecule has 0 unspecified atom stereocenters. The van der Waals surface area contributed by atoms with Gasteiger partial charge in [0.15, 0.2) is 0 Å². The largest absolute Gasteiger partial charge is 0.354 e. The fourth-order valence-electron chi connectivity index (χ4n) is 4.51. The van der Waals surface area contributed by atoms with Crippen molar-refractivity contribution in [3.05, 3.63) is 24.5 Å². The van der Waals surface area contributed by atoms with Gasteiger partial charge in [-0.1, -0.05) is 0 Å². The number of nitrogens with one attached hydrogen (secondary N) is 3. The second-order valence-corrected chi connectivity index (χ2v) is 8.47. The molecule has 0 saturated carbocycles. The number of hydrogen-bond donors (Lipinski definition) is 3. The number of pyridine rings is 1. The number of H-pyrrole nitrogens is 1. The van der Waals surface area contributed by atoms with Gasteiger partial charge in [-0.05, 0) is 32.9 Å². The normalized spacial score (nSPS) is 25.1. The minimum absolute atomic E-state index is 0.337. The zero-order valence-electron chi connectivity index (χ0n) is 17.8. The molecule has 30 heavy (non-hydrogen) atoms. The lowest BCUT2D eigenvalue weighted by molar-refractivity contribution is 0.425. The molecule has 158 valence electrons. The first-order chi connectivity index (χ1) is 14.6. The van der Waals surface area contributed by atoms with E-state index in [9.17, 15) is 0 Å². The predicted molar refractivity (Wildman–Crippen MR) is 119 cm³/mol. The molecule has 2 fully saturated rings. The molecule has 2 aliphatic rings. The van der Waals surface area contributed by atoms with Gasteiger partial charge >= 0.3 is 0 Å². The van der Waals surface area contributed by atoms with Gasteiger partial charge in [0.25, 0.3) is 0 Å². The minimum atomic E-state index is 0.337. The first-order valence-electron chi connectivity index (χ1n) is 10.7. The summed E-state index contributed by atoms with van der Waals surface area (Å²) in [7, 11) is 0. The molecule has 3 aromatic heterocycles. The van der Waals surface area contributed by atoms with Crippen molar-refractivity contribution < 1.29 is 0 Å². The summed E-state index contributed by atoms with van der Waals surface area (Å²) in [6.07, 6.45) is 3.73. The number of piperazine rings is 2. The highest BCUT2D eigenvalue weighted by molar-refractivity contribution is 5.89. The van der Waals surface area contributed by atoms with E-state index in [1.807, 2.05) is 12.4 Å². The predicted octanol–water partition coefficient (Wildman–Crippen LogP) is 1.40. The Morgan fingerprint density at radius 3 is 2.60 bits per heavy atom. The third-order valence-corrected chi connectivity index (χ3v) is 6.06. The number of rotatable bonds is 3. The Bertz CT molecular complexity index is 1000. The summed E-state index contributed by atoms with van der Waals surface area (Å²) in [5.41, 5.74) is 3.45. The minimum Gasteiger partial charge on any atom is -0.354 e. The summed E-state index contributed by atoms with van der Waals surface area (Å²) < 4.78 is 0.